The Morgan fingerprint density at radius 2 is 1.08 bits per heavy atom. The molecule has 2 N–H and O–H groups in total. The predicted molar refractivity (Wildman–Crippen MR) is 244 cm³/mol. The summed E-state index contributed by atoms with van der Waals surface area (Å²) >= 11 is 3.42. The Morgan fingerprint density at radius 1 is 0.600 bits per heavy atom. The zero-order chi connectivity index (χ0) is 41.4. The van der Waals surface area contributed by atoms with Crippen LogP contribution in [0.1, 0.15) is 75.3 Å². The van der Waals surface area contributed by atoms with Crippen LogP contribution in [0.3, 0.4) is 0 Å². The normalized spacial score (nSPS) is 18.6. The van der Waals surface area contributed by atoms with Crippen molar-refractivity contribution in [2.24, 2.45) is 0 Å². The Bertz CT molecular complexity index is 2290. The van der Waals surface area contributed by atoms with Crippen LogP contribution in [-0.4, -0.2) is 111 Å². The van der Waals surface area contributed by atoms with E-state index in [-0.39, 0.29) is 0 Å². The third-order valence-electron chi connectivity index (χ3n) is 12.6. The summed E-state index contributed by atoms with van der Waals surface area (Å²) in [6.45, 7) is 13.2. The fourth-order valence-corrected chi connectivity index (χ4v) is 9.51. The van der Waals surface area contributed by atoms with E-state index in [0.717, 1.165) is 77.1 Å². The van der Waals surface area contributed by atoms with Crippen molar-refractivity contribution in [1.82, 2.24) is 29.7 Å². The van der Waals surface area contributed by atoms with Gasteiger partial charge in [-0.1, -0.05) is 66.9 Å². The molecule has 0 saturated carbocycles. The number of likely N-dealkylation sites (tertiary alicyclic amines) is 2. The maximum absolute atomic E-state index is 8.76. The topological polar surface area (TPSA) is 131 Å². The number of nitrogens with zero attached hydrogens (tertiary/aromatic N) is 8. The van der Waals surface area contributed by atoms with Crippen molar-refractivity contribution in [2.75, 3.05) is 62.2 Å². The van der Waals surface area contributed by atoms with Gasteiger partial charge < -0.3 is 38.5 Å². The Balaban J connectivity index is 0.000000138. The Labute approximate surface area is 362 Å². The van der Waals surface area contributed by atoms with Gasteiger partial charge in [-0.15, -0.1) is 0 Å². The standard InChI is InChI=1S/C23H28N4O.C16H21BrN4O.C7H9BO2/c1-17-7-3-4-8-20(17)18-15-21-22(24-16-18)25-23(28-21)27-13-9-19(10-14-27)26-11-5-2-6-12-26;17-12-10-14-15(18-11-12)19-16(22-14)21-8-4-13(5-9-21)20-6-2-1-3-7-20;1-6-4-2-3-5-7(6)8(9)10/h3-4,7-8,15-16,19H,2,5-6,9-14H2,1H3;10-11,13H,1-9H2;2-5,9-10H,1H3. The van der Waals surface area contributed by atoms with Crippen molar-refractivity contribution < 1.29 is 18.9 Å². The van der Waals surface area contributed by atoms with Gasteiger partial charge in [0, 0.05) is 66.8 Å². The summed E-state index contributed by atoms with van der Waals surface area (Å²) in [5.41, 5.74) is 7.90. The van der Waals surface area contributed by atoms with E-state index in [9.17, 15) is 0 Å². The van der Waals surface area contributed by atoms with Gasteiger partial charge in [-0.2, -0.15) is 9.97 Å². The SMILES string of the molecule is Brc1cnc2nc(N3CCC(N4CCCCC4)CC3)oc2c1.Cc1ccccc1-c1cnc2nc(N3CCC(N4CCCCC4)CC3)oc2c1.Cc1ccccc1B(O)O. The van der Waals surface area contributed by atoms with E-state index in [0.29, 0.717) is 16.8 Å². The molecule has 4 aromatic heterocycles. The fraction of sp³-hybridized carbons (Fsp3) is 0.478. The lowest BCUT2D eigenvalue weighted by atomic mass is 9.77. The number of anilines is 2. The van der Waals surface area contributed by atoms with E-state index in [1.807, 2.05) is 31.3 Å². The second kappa shape index (κ2) is 20.0. The summed E-state index contributed by atoms with van der Waals surface area (Å²) in [6, 6.07) is 22.5. The molecule has 0 aliphatic carbocycles. The van der Waals surface area contributed by atoms with E-state index >= 15 is 0 Å². The first-order chi connectivity index (χ1) is 29.3. The van der Waals surface area contributed by atoms with Gasteiger partial charge in [-0.25, -0.2) is 9.97 Å². The minimum Gasteiger partial charge on any atom is -0.423 e. The van der Waals surface area contributed by atoms with Gasteiger partial charge in [0.15, 0.2) is 11.2 Å². The number of aromatic nitrogens is 4. The Hall–Kier alpha value is -4.34. The van der Waals surface area contributed by atoms with E-state index in [1.165, 1.54) is 102 Å². The minimum atomic E-state index is -1.35. The van der Waals surface area contributed by atoms with Crippen LogP contribution in [0.15, 0.2) is 86.4 Å². The Morgan fingerprint density at radius 3 is 1.58 bits per heavy atom. The zero-order valence-corrected chi connectivity index (χ0v) is 36.6. The van der Waals surface area contributed by atoms with Crippen LogP contribution in [0, 0.1) is 13.8 Å². The van der Waals surface area contributed by atoms with Crippen molar-refractivity contribution >= 4 is 63.0 Å². The van der Waals surface area contributed by atoms with Crippen LogP contribution in [0.5, 0.6) is 0 Å². The maximum Gasteiger partial charge on any atom is 0.488 e. The summed E-state index contributed by atoms with van der Waals surface area (Å²) in [7, 11) is -1.35. The van der Waals surface area contributed by atoms with Crippen molar-refractivity contribution in [3.8, 4) is 11.1 Å². The first kappa shape index (κ1) is 42.4. The summed E-state index contributed by atoms with van der Waals surface area (Å²) in [5, 5.41) is 17.5. The predicted octanol–water partition coefficient (Wildman–Crippen LogP) is 7.77. The molecule has 4 fully saturated rings. The van der Waals surface area contributed by atoms with Gasteiger partial charge in [0.05, 0.1) is 0 Å². The second-order valence-electron chi connectivity index (χ2n) is 16.7. The summed E-state index contributed by atoms with van der Waals surface area (Å²) in [5.74, 6) is 0. The highest BCUT2D eigenvalue weighted by molar-refractivity contribution is 9.10. The van der Waals surface area contributed by atoms with Crippen LogP contribution < -0.4 is 15.3 Å². The molecule has 4 saturated heterocycles. The number of rotatable bonds is 6. The number of hydrogen-bond donors (Lipinski definition) is 2. The lowest BCUT2D eigenvalue weighted by Crippen LogP contribution is -2.46. The van der Waals surface area contributed by atoms with Crippen molar-refractivity contribution in [1.29, 1.82) is 0 Å². The second-order valence-corrected chi connectivity index (χ2v) is 17.6. The molecule has 0 bridgehead atoms. The summed E-state index contributed by atoms with van der Waals surface area (Å²) < 4.78 is 12.9. The lowest BCUT2D eigenvalue weighted by Gasteiger charge is -2.39. The maximum atomic E-state index is 8.76. The van der Waals surface area contributed by atoms with E-state index in [1.54, 1.807) is 18.3 Å². The molecule has 12 nitrogen and oxygen atoms in total. The number of aryl methyl sites for hydroxylation is 2. The molecule has 4 aliphatic rings. The molecular formula is C46H58BBrN8O4. The van der Waals surface area contributed by atoms with Crippen molar-refractivity contribution in [2.45, 2.75) is 90.1 Å². The highest BCUT2D eigenvalue weighted by atomic mass is 79.9. The third-order valence-corrected chi connectivity index (χ3v) is 13.1. The molecule has 14 heteroatoms. The molecule has 316 valence electrons. The molecule has 0 atom stereocenters. The Kier molecular flexibility index (Phi) is 14.1. The number of halogens is 1. The quantitative estimate of drug-likeness (QED) is 0.159. The average molecular weight is 878 g/mol. The van der Waals surface area contributed by atoms with Gasteiger partial charge in [0.2, 0.25) is 11.3 Å². The number of piperidine rings is 4. The van der Waals surface area contributed by atoms with Crippen LogP contribution in [0.2, 0.25) is 0 Å². The highest BCUT2D eigenvalue weighted by Crippen LogP contribution is 2.31. The minimum absolute atomic E-state index is 0.572. The van der Waals surface area contributed by atoms with Gasteiger partial charge in [-0.3, -0.25) is 0 Å². The van der Waals surface area contributed by atoms with Crippen LogP contribution >= 0.6 is 15.9 Å². The first-order valence-electron chi connectivity index (χ1n) is 21.9. The fourth-order valence-electron chi connectivity index (χ4n) is 9.20. The van der Waals surface area contributed by atoms with E-state index < -0.39 is 7.12 Å². The largest absolute Gasteiger partial charge is 0.488 e. The van der Waals surface area contributed by atoms with Crippen LogP contribution in [-0.2, 0) is 0 Å². The average Bonchev–Trinajstić information content (AvgIpc) is 3.92. The molecule has 2 aromatic carbocycles. The monoisotopic (exact) mass is 876 g/mol. The number of hydrogen-bond acceptors (Lipinski definition) is 12. The highest BCUT2D eigenvalue weighted by Gasteiger charge is 2.29. The molecule has 6 aromatic rings. The number of benzene rings is 2. The number of pyridine rings is 2. The van der Waals surface area contributed by atoms with Crippen LogP contribution in [0.25, 0.3) is 33.6 Å². The zero-order valence-electron chi connectivity index (χ0n) is 35.1. The third kappa shape index (κ3) is 10.4. The molecule has 0 unspecified atom stereocenters. The molecule has 0 amide bonds. The lowest BCUT2D eigenvalue weighted by molar-refractivity contribution is 0.140. The molecule has 60 heavy (non-hydrogen) atoms. The van der Waals surface area contributed by atoms with Gasteiger partial charge in [-0.05, 0) is 130 Å². The van der Waals surface area contributed by atoms with E-state index in [2.05, 4.69) is 92.7 Å². The molecule has 10 rings (SSSR count). The molecule has 4 aliphatic heterocycles. The smallest absolute Gasteiger partial charge is 0.423 e. The molecule has 0 radical (unpaired) electrons. The summed E-state index contributed by atoms with van der Waals surface area (Å²) in [4.78, 5) is 28.0. The number of oxazole rings is 2. The molecule has 0 spiro atoms. The first-order valence-corrected chi connectivity index (χ1v) is 22.7. The molecule has 8 heterocycles. The van der Waals surface area contributed by atoms with Crippen molar-refractivity contribution in [3.05, 3.63) is 88.7 Å². The van der Waals surface area contributed by atoms with Crippen LogP contribution in [0.4, 0.5) is 12.0 Å². The van der Waals surface area contributed by atoms with Gasteiger partial charge >= 0.3 is 7.12 Å². The molecular weight excluding hydrogens is 819 g/mol. The number of fused-ring (bicyclic) bond motifs is 2. The van der Waals surface area contributed by atoms with E-state index in [4.69, 9.17) is 18.9 Å². The van der Waals surface area contributed by atoms with Gasteiger partial charge in [0.25, 0.3) is 12.0 Å². The summed E-state index contributed by atoms with van der Waals surface area (Å²) in [6.07, 6.45) is 16.7. The van der Waals surface area contributed by atoms with Crippen molar-refractivity contribution in [3.63, 3.8) is 0 Å². The van der Waals surface area contributed by atoms with Gasteiger partial charge in [0.1, 0.15) is 0 Å².